The molecule has 0 unspecified atom stereocenters. The summed E-state index contributed by atoms with van der Waals surface area (Å²) in [5.41, 5.74) is 4.70. The molecular formula is C29H25N5O3PRuS+. The van der Waals surface area contributed by atoms with E-state index in [1.165, 1.54) is 28.4 Å². The van der Waals surface area contributed by atoms with Crippen LogP contribution in [0, 0.1) is 19.9 Å². The van der Waals surface area contributed by atoms with E-state index in [-0.39, 0.29) is 24.8 Å². The van der Waals surface area contributed by atoms with Gasteiger partial charge in [-0.25, -0.2) is 4.57 Å². The molecule has 1 aromatic carbocycles. The van der Waals surface area contributed by atoms with Crippen molar-refractivity contribution in [1.29, 1.82) is 0 Å². The third-order valence-corrected chi connectivity index (χ3v) is 6.16. The molecule has 0 radical (unpaired) electrons. The van der Waals surface area contributed by atoms with Gasteiger partial charge in [0.25, 0.3) is 0 Å². The van der Waals surface area contributed by atoms with E-state index in [9.17, 15) is 14.4 Å². The Bertz CT molecular complexity index is 1540. The van der Waals surface area contributed by atoms with E-state index in [0.717, 1.165) is 5.82 Å². The summed E-state index contributed by atoms with van der Waals surface area (Å²) in [4.78, 5) is 31.7. The normalized spacial score (nSPS) is 10.0. The van der Waals surface area contributed by atoms with Crippen LogP contribution in [0.4, 0.5) is 0 Å². The summed E-state index contributed by atoms with van der Waals surface area (Å²) in [7, 11) is -4.39. The molecule has 0 bridgehead atoms. The number of nitrogens with zero attached hydrogens (tertiary/aromatic N) is 5. The number of hydrogen-bond acceptors (Lipinski definition) is 5. The smallest absolute Gasteiger partial charge is 0.753 e. The predicted molar refractivity (Wildman–Crippen MR) is 155 cm³/mol. The van der Waals surface area contributed by atoms with E-state index in [4.69, 9.17) is 5.41 Å². The molecule has 5 aromatic rings. The molecule has 0 aliphatic carbocycles. The molecule has 5 rings (SSSR count). The number of aryl methyl sites for hydroxylation is 2. The average Bonchev–Trinajstić information content (AvgIpc) is 2.94. The van der Waals surface area contributed by atoms with E-state index >= 15 is 0 Å². The van der Waals surface area contributed by atoms with E-state index in [1.807, 2.05) is 29.2 Å². The van der Waals surface area contributed by atoms with Gasteiger partial charge >= 0.3 is 32.9 Å². The Morgan fingerprint density at radius 1 is 0.825 bits per heavy atom. The topological polar surface area (TPSA) is 122 Å². The van der Waals surface area contributed by atoms with Gasteiger partial charge in [0.2, 0.25) is 0 Å². The van der Waals surface area contributed by atoms with Crippen LogP contribution in [-0.2, 0) is 24.0 Å². The second-order valence-electron chi connectivity index (χ2n) is 8.21. The van der Waals surface area contributed by atoms with Crippen molar-refractivity contribution in [2.45, 2.75) is 13.8 Å². The van der Waals surface area contributed by atoms with Crippen LogP contribution in [0.15, 0.2) is 104 Å². The minimum absolute atomic E-state index is 0. The standard InChI is InChI=1S/C16H12N2O3P.C12H13N2.CNS.Ru/c19-22(20,21)14-10-12(15-5-1-3-7-17-15)9-13(11-14)16-6-2-4-8-18-16;1-10-4-7-14(8-5-10)12-9-11(2)3-6-13-12;2-1-3;/h1-8,10-11H,(H2,19,20,21);3-9H,1-2H3;;/q-1;+1;-1;+2. The molecule has 40 heavy (non-hydrogen) atoms. The molecular weight excluding hydrogens is 630 g/mol. The van der Waals surface area contributed by atoms with E-state index in [1.54, 1.807) is 48.8 Å². The van der Waals surface area contributed by atoms with Gasteiger partial charge in [0, 0.05) is 29.8 Å². The molecule has 202 valence electrons. The van der Waals surface area contributed by atoms with Gasteiger partial charge in [-0.15, -0.1) is 18.2 Å². The molecule has 0 spiro atoms. The second kappa shape index (κ2) is 15.9. The van der Waals surface area contributed by atoms with Gasteiger partial charge in [-0.2, -0.15) is 5.16 Å². The van der Waals surface area contributed by atoms with E-state index < -0.39 is 7.60 Å². The Morgan fingerprint density at radius 3 is 1.77 bits per heavy atom. The van der Waals surface area contributed by atoms with Crippen molar-refractivity contribution in [3.05, 3.63) is 126 Å². The van der Waals surface area contributed by atoms with Crippen molar-refractivity contribution < 1.29 is 38.4 Å². The Morgan fingerprint density at radius 2 is 1.35 bits per heavy atom. The Hall–Kier alpha value is -3.61. The molecule has 0 saturated heterocycles. The molecule has 4 aromatic heterocycles. The Balaban J connectivity index is 0.000000268. The summed E-state index contributed by atoms with van der Waals surface area (Å²) in [6.07, 6.45) is 9.12. The van der Waals surface area contributed by atoms with Crippen LogP contribution in [0.1, 0.15) is 11.1 Å². The molecule has 0 aliphatic heterocycles. The van der Waals surface area contributed by atoms with E-state index in [2.05, 4.69) is 65.3 Å². The molecule has 0 saturated carbocycles. The van der Waals surface area contributed by atoms with Crippen molar-refractivity contribution >= 4 is 30.3 Å². The van der Waals surface area contributed by atoms with Crippen LogP contribution >= 0.6 is 19.8 Å². The Kier molecular flexibility index (Phi) is 12.9. The first-order valence-electron chi connectivity index (χ1n) is 11.6. The first-order chi connectivity index (χ1) is 18.7. The Labute approximate surface area is 251 Å². The number of isothiocyanates is 1. The van der Waals surface area contributed by atoms with Crippen LogP contribution in [0.2, 0.25) is 0 Å². The fourth-order valence-electron chi connectivity index (χ4n) is 3.36. The summed E-state index contributed by atoms with van der Waals surface area (Å²) in [6.45, 7) is 4.15. The minimum Gasteiger partial charge on any atom is -0.753 e. The molecule has 0 atom stereocenters. The first-order valence-corrected chi connectivity index (χ1v) is 13.6. The maximum absolute atomic E-state index is 11.6. The van der Waals surface area contributed by atoms with Gasteiger partial charge in [-0.3, -0.25) is 14.5 Å². The molecule has 8 nitrogen and oxygen atoms in total. The summed E-state index contributed by atoms with van der Waals surface area (Å²) < 4.78 is 13.7. The molecule has 4 heterocycles. The van der Waals surface area contributed by atoms with Crippen LogP contribution < -0.4 is 9.87 Å². The number of aromatic nitrogens is 4. The van der Waals surface area contributed by atoms with E-state index in [0.29, 0.717) is 22.5 Å². The summed E-state index contributed by atoms with van der Waals surface area (Å²) in [5, 5.41) is 8.39. The summed E-state index contributed by atoms with van der Waals surface area (Å²) in [6, 6.07) is 24.8. The molecule has 0 aliphatic rings. The second-order valence-corrected chi connectivity index (χ2v) is 9.99. The number of rotatable bonds is 4. The predicted octanol–water partition coefficient (Wildman–Crippen LogP) is 5.05. The number of thiocarbonyl (C=S) groups is 1. The monoisotopic (exact) mass is 656 g/mol. The van der Waals surface area contributed by atoms with Gasteiger partial charge in [0.1, 0.15) is 6.20 Å². The van der Waals surface area contributed by atoms with Crippen molar-refractivity contribution in [2.24, 2.45) is 0 Å². The van der Waals surface area contributed by atoms with Crippen LogP contribution in [0.25, 0.3) is 33.7 Å². The van der Waals surface area contributed by atoms with Crippen LogP contribution in [-0.4, -0.2) is 29.9 Å². The average molecular weight is 656 g/mol. The first kappa shape index (κ1) is 32.6. The van der Waals surface area contributed by atoms with Crippen LogP contribution in [0.3, 0.4) is 0 Å². The number of benzene rings is 1. The zero-order valence-electron chi connectivity index (χ0n) is 21.6. The third-order valence-electron chi connectivity index (χ3n) is 5.23. The molecule has 11 heteroatoms. The van der Waals surface area contributed by atoms with Crippen molar-refractivity contribution in [3.8, 4) is 28.3 Å². The maximum atomic E-state index is 11.6. The summed E-state index contributed by atoms with van der Waals surface area (Å²) >= 11 is 3.70. The number of pyridine rings is 4. The van der Waals surface area contributed by atoms with Crippen molar-refractivity contribution in [1.82, 2.24) is 15.0 Å². The van der Waals surface area contributed by atoms with Gasteiger partial charge < -0.3 is 15.2 Å². The van der Waals surface area contributed by atoms with Crippen molar-refractivity contribution in [2.75, 3.05) is 0 Å². The van der Waals surface area contributed by atoms with Crippen LogP contribution in [0.5, 0.6) is 0 Å². The maximum Gasteiger partial charge on any atom is 2.00 e. The van der Waals surface area contributed by atoms with Crippen molar-refractivity contribution in [3.63, 3.8) is 0 Å². The van der Waals surface area contributed by atoms with Gasteiger partial charge in [0.05, 0.1) is 12.4 Å². The van der Waals surface area contributed by atoms with Gasteiger partial charge in [-0.05, 0) is 65.6 Å². The minimum atomic E-state index is -4.39. The third kappa shape index (κ3) is 9.85. The molecule has 0 amide bonds. The fourth-order valence-corrected chi connectivity index (χ4v) is 3.95. The largest absolute Gasteiger partial charge is 2.00 e. The SMILES string of the molecule is Cc1cc[n+](-c2cc(C)ccn2)cc1.O=P(O)(O)c1cc(-c2ccccn2)[c-]c(-c2ccccn2)c1.[N-]=C=S.[Ru+2]. The zero-order chi connectivity index (χ0) is 28.3. The van der Waals surface area contributed by atoms with Gasteiger partial charge in [-0.1, -0.05) is 47.6 Å². The summed E-state index contributed by atoms with van der Waals surface area (Å²) in [5.74, 6) is 0.963. The van der Waals surface area contributed by atoms with Gasteiger partial charge in [0.15, 0.2) is 0 Å². The molecule has 2 N–H and O–H groups in total. The number of hydrogen-bond donors (Lipinski definition) is 2. The molecule has 0 fully saturated rings. The quantitative estimate of drug-likeness (QED) is 0.0695. The fraction of sp³-hybridized carbons (Fsp3) is 0.0690. The zero-order valence-corrected chi connectivity index (χ0v) is 25.0.